The van der Waals surface area contributed by atoms with Crippen molar-refractivity contribution in [1.29, 1.82) is 0 Å². The minimum absolute atomic E-state index is 0.0686. The van der Waals surface area contributed by atoms with Crippen LogP contribution < -0.4 is 10.2 Å². The van der Waals surface area contributed by atoms with Gasteiger partial charge in [-0.25, -0.2) is 9.37 Å². The van der Waals surface area contributed by atoms with Crippen LogP contribution in [0.5, 0.6) is 0 Å². The number of nitrogens with zero attached hydrogens (tertiary/aromatic N) is 5. The molecular weight excluding hydrogens is 547 g/mol. The summed E-state index contributed by atoms with van der Waals surface area (Å²) in [6.45, 7) is 6.01. The van der Waals surface area contributed by atoms with Crippen LogP contribution in [0.2, 0.25) is 0 Å². The Labute approximate surface area is 251 Å². The summed E-state index contributed by atoms with van der Waals surface area (Å²) in [7, 11) is 3.45. The van der Waals surface area contributed by atoms with E-state index < -0.39 is 0 Å². The Kier molecular flexibility index (Phi) is 8.21. The standard InChI is InChI=1S/C33H39FN6O3/c1-22-27-7-4-8-28(34)31(27)40(16-17-43-3)30(22)23-6-5-14-39(19-23)33(42)24-13-15-38(20-24)26-11-9-25(10-12-26)36-32(41)29-18-35-21-37(29)2/h4,7-12,18,21,23-24H,5-6,13-17,19-20H2,1-3H3,(H,36,41)/t23?,24-/m0/s1. The molecule has 0 spiro atoms. The van der Waals surface area contributed by atoms with Gasteiger partial charge in [0.15, 0.2) is 0 Å². The molecule has 2 amide bonds. The molecule has 2 aromatic carbocycles. The van der Waals surface area contributed by atoms with Gasteiger partial charge in [-0.2, -0.15) is 0 Å². The van der Waals surface area contributed by atoms with Crippen LogP contribution in [0.4, 0.5) is 15.8 Å². The van der Waals surface area contributed by atoms with Gasteiger partial charge in [-0.05, 0) is 62.1 Å². The van der Waals surface area contributed by atoms with Crippen molar-refractivity contribution < 1.29 is 18.7 Å². The van der Waals surface area contributed by atoms with Crippen LogP contribution >= 0.6 is 0 Å². The zero-order chi connectivity index (χ0) is 30.1. The smallest absolute Gasteiger partial charge is 0.273 e. The number of rotatable bonds is 8. The molecule has 10 heteroatoms. The van der Waals surface area contributed by atoms with Gasteiger partial charge in [-0.3, -0.25) is 9.59 Å². The number of nitrogens with one attached hydrogen (secondary N) is 1. The zero-order valence-corrected chi connectivity index (χ0v) is 25.1. The Balaban J connectivity index is 1.12. The third kappa shape index (κ3) is 5.63. The van der Waals surface area contributed by atoms with Crippen LogP contribution in [0.3, 0.4) is 0 Å². The average molecular weight is 587 g/mol. The van der Waals surface area contributed by atoms with Crippen molar-refractivity contribution in [3.63, 3.8) is 0 Å². The van der Waals surface area contributed by atoms with E-state index in [-0.39, 0.29) is 29.5 Å². The van der Waals surface area contributed by atoms with Crippen LogP contribution in [0.1, 0.15) is 46.9 Å². The number of hydrogen-bond acceptors (Lipinski definition) is 5. The second-order valence-electron chi connectivity index (χ2n) is 11.7. The number of piperidine rings is 1. The first-order chi connectivity index (χ1) is 20.9. The molecule has 4 heterocycles. The largest absolute Gasteiger partial charge is 0.383 e. The van der Waals surface area contributed by atoms with Gasteiger partial charge in [-0.1, -0.05) is 12.1 Å². The van der Waals surface area contributed by atoms with E-state index in [1.54, 1.807) is 31.1 Å². The van der Waals surface area contributed by atoms with Gasteiger partial charge in [0.25, 0.3) is 5.91 Å². The predicted molar refractivity (Wildman–Crippen MR) is 165 cm³/mol. The molecule has 0 radical (unpaired) electrons. The van der Waals surface area contributed by atoms with E-state index in [2.05, 4.69) is 26.7 Å². The van der Waals surface area contributed by atoms with Crippen molar-refractivity contribution in [3.05, 3.63) is 77.8 Å². The topological polar surface area (TPSA) is 84.6 Å². The number of fused-ring (bicyclic) bond motifs is 1. The first-order valence-electron chi connectivity index (χ1n) is 15.0. The quantitative estimate of drug-likeness (QED) is 0.316. The summed E-state index contributed by atoms with van der Waals surface area (Å²) in [5, 5.41) is 3.85. The predicted octanol–water partition coefficient (Wildman–Crippen LogP) is 4.95. The number of likely N-dealkylation sites (tertiary alicyclic amines) is 1. The van der Waals surface area contributed by atoms with E-state index in [4.69, 9.17) is 4.74 Å². The summed E-state index contributed by atoms with van der Waals surface area (Å²) >= 11 is 0. The molecule has 2 aromatic heterocycles. The molecule has 2 saturated heterocycles. The SMILES string of the molecule is COCCn1c(C2CCCN(C(=O)[C@H]3CCN(c4ccc(NC(=O)c5cncn5C)cc4)C3)C2)c(C)c2cccc(F)c21. The van der Waals surface area contributed by atoms with Crippen molar-refractivity contribution in [2.24, 2.45) is 13.0 Å². The minimum Gasteiger partial charge on any atom is -0.383 e. The lowest BCUT2D eigenvalue weighted by Crippen LogP contribution is -2.43. The molecule has 6 rings (SSSR count). The van der Waals surface area contributed by atoms with Gasteiger partial charge in [0.05, 0.1) is 30.6 Å². The highest BCUT2D eigenvalue weighted by Crippen LogP contribution is 2.37. The fraction of sp³-hybridized carbons (Fsp3) is 0.424. The van der Waals surface area contributed by atoms with Crippen LogP contribution in [-0.4, -0.2) is 70.7 Å². The third-order valence-electron chi connectivity index (χ3n) is 9.05. The second-order valence-corrected chi connectivity index (χ2v) is 11.7. The maximum absolute atomic E-state index is 15.0. The molecule has 1 N–H and O–H groups in total. The van der Waals surface area contributed by atoms with Crippen molar-refractivity contribution in [2.45, 2.75) is 38.6 Å². The van der Waals surface area contributed by atoms with Crippen molar-refractivity contribution >= 4 is 34.1 Å². The summed E-state index contributed by atoms with van der Waals surface area (Å²) in [5.41, 5.74) is 5.08. The number of benzene rings is 2. The molecule has 226 valence electrons. The average Bonchev–Trinajstić information content (AvgIpc) is 3.75. The maximum Gasteiger partial charge on any atom is 0.273 e. The van der Waals surface area contributed by atoms with Crippen molar-refractivity contribution in [3.8, 4) is 0 Å². The number of aromatic nitrogens is 3. The first-order valence-corrected chi connectivity index (χ1v) is 15.0. The van der Waals surface area contributed by atoms with Gasteiger partial charge in [0, 0.05) is 75.3 Å². The van der Waals surface area contributed by atoms with E-state index in [9.17, 15) is 9.59 Å². The minimum atomic E-state index is -0.221. The molecule has 2 atom stereocenters. The molecule has 0 saturated carbocycles. The lowest BCUT2D eigenvalue weighted by atomic mass is 9.91. The Bertz CT molecular complexity index is 1630. The summed E-state index contributed by atoms with van der Waals surface area (Å²) in [5.74, 6) is -0.148. The van der Waals surface area contributed by atoms with Crippen LogP contribution in [-0.2, 0) is 23.1 Å². The number of carbonyl (C=O) groups excluding carboxylic acids is 2. The highest BCUT2D eigenvalue weighted by molar-refractivity contribution is 6.03. The van der Waals surface area contributed by atoms with E-state index >= 15 is 4.39 Å². The van der Waals surface area contributed by atoms with E-state index in [1.165, 1.54) is 12.3 Å². The Morgan fingerprint density at radius 1 is 1.09 bits per heavy atom. The lowest BCUT2D eigenvalue weighted by Gasteiger charge is -2.35. The van der Waals surface area contributed by atoms with E-state index in [0.717, 1.165) is 54.7 Å². The molecular formula is C33H39FN6O3. The number of aryl methyl sites for hydroxylation is 2. The summed E-state index contributed by atoms with van der Waals surface area (Å²) in [4.78, 5) is 34.6. The highest BCUT2D eigenvalue weighted by Gasteiger charge is 2.35. The van der Waals surface area contributed by atoms with Gasteiger partial charge in [0.1, 0.15) is 11.5 Å². The molecule has 2 aliphatic heterocycles. The van der Waals surface area contributed by atoms with Crippen LogP contribution in [0.25, 0.3) is 10.9 Å². The number of imidazole rings is 1. The number of amides is 2. The number of hydrogen-bond donors (Lipinski definition) is 1. The number of ether oxygens (including phenoxy) is 1. The summed E-state index contributed by atoms with van der Waals surface area (Å²) in [6, 6.07) is 13.0. The Morgan fingerprint density at radius 3 is 2.65 bits per heavy atom. The summed E-state index contributed by atoms with van der Waals surface area (Å²) < 4.78 is 24.2. The van der Waals surface area contributed by atoms with E-state index in [0.29, 0.717) is 43.1 Å². The van der Waals surface area contributed by atoms with Crippen molar-refractivity contribution in [2.75, 3.05) is 50.1 Å². The fourth-order valence-corrected chi connectivity index (χ4v) is 6.88. The number of methoxy groups -OCH3 is 1. The molecule has 2 fully saturated rings. The van der Waals surface area contributed by atoms with Gasteiger partial charge >= 0.3 is 0 Å². The molecule has 2 aliphatic rings. The van der Waals surface area contributed by atoms with Crippen LogP contribution in [0.15, 0.2) is 55.0 Å². The van der Waals surface area contributed by atoms with Crippen LogP contribution in [0, 0.1) is 18.7 Å². The zero-order valence-electron chi connectivity index (χ0n) is 25.1. The second kappa shape index (κ2) is 12.2. The van der Waals surface area contributed by atoms with Gasteiger partial charge in [-0.15, -0.1) is 0 Å². The molecule has 43 heavy (non-hydrogen) atoms. The number of halogens is 1. The van der Waals surface area contributed by atoms with Crippen molar-refractivity contribution in [1.82, 2.24) is 19.0 Å². The third-order valence-corrected chi connectivity index (χ3v) is 9.05. The molecule has 4 aromatic rings. The number of carbonyl (C=O) groups is 2. The Morgan fingerprint density at radius 2 is 1.91 bits per heavy atom. The molecule has 9 nitrogen and oxygen atoms in total. The monoisotopic (exact) mass is 586 g/mol. The molecule has 0 bridgehead atoms. The number of anilines is 2. The highest BCUT2D eigenvalue weighted by atomic mass is 19.1. The summed E-state index contributed by atoms with van der Waals surface area (Å²) in [6.07, 6.45) is 5.83. The van der Waals surface area contributed by atoms with Gasteiger partial charge < -0.3 is 29.0 Å². The molecule has 1 unspecified atom stereocenters. The maximum atomic E-state index is 15.0. The first kappa shape index (κ1) is 28.9. The Hall–Kier alpha value is -4.18. The van der Waals surface area contributed by atoms with E-state index in [1.807, 2.05) is 35.2 Å². The fourth-order valence-electron chi connectivity index (χ4n) is 6.88. The van der Waals surface area contributed by atoms with Gasteiger partial charge in [0.2, 0.25) is 5.91 Å². The lowest BCUT2D eigenvalue weighted by molar-refractivity contribution is -0.136. The number of para-hydroxylation sites is 1. The molecule has 0 aliphatic carbocycles. The normalized spacial score (nSPS) is 18.9.